The third-order valence-electron chi connectivity index (χ3n) is 2.88. The number of hydrogen-bond acceptors (Lipinski definition) is 3. The molecule has 0 aliphatic rings. The lowest BCUT2D eigenvalue weighted by Crippen LogP contribution is -2.31. The van der Waals surface area contributed by atoms with Crippen LogP contribution in [0.2, 0.25) is 0 Å². The molecule has 0 radical (unpaired) electrons. The Balaban J connectivity index is 2.28. The molecule has 2 aromatic carbocycles. The molecule has 5 heteroatoms. The number of nitrogens with one attached hydrogen (secondary N) is 2. The first-order chi connectivity index (χ1) is 9.15. The second kappa shape index (κ2) is 6.14. The molecule has 0 heterocycles. The molecule has 0 saturated carbocycles. The Morgan fingerprint density at radius 2 is 1.74 bits per heavy atom. The van der Waals surface area contributed by atoms with E-state index < -0.39 is 10.0 Å². The molecular formula is C14H18N2O2S. The monoisotopic (exact) mass is 278 g/mol. The van der Waals surface area contributed by atoms with Crippen LogP contribution in [-0.2, 0) is 10.0 Å². The van der Waals surface area contributed by atoms with E-state index in [1.165, 1.54) is 0 Å². The van der Waals surface area contributed by atoms with Crippen LogP contribution in [0, 0.1) is 0 Å². The standard InChI is InChI=1S/C14H18N2O2S/c1-2-15-10-11-16-19(17,18)14-9-5-7-12-6-3-4-8-13(12)14/h3-9,15-16H,2,10-11H2,1H3. The van der Waals surface area contributed by atoms with Gasteiger partial charge in [0.25, 0.3) is 0 Å². The smallest absolute Gasteiger partial charge is 0.241 e. The Hall–Kier alpha value is -1.43. The number of sulfonamides is 1. The molecule has 0 aliphatic heterocycles. The van der Waals surface area contributed by atoms with E-state index >= 15 is 0 Å². The van der Waals surface area contributed by atoms with Gasteiger partial charge >= 0.3 is 0 Å². The number of fused-ring (bicyclic) bond motifs is 1. The Kier molecular flexibility index (Phi) is 4.52. The summed E-state index contributed by atoms with van der Waals surface area (Å²) in [6.07, 6.45) is 0. The molecule has 4 nitrogen and oxygen atoms in total. The molecule has 0 aromatic heterocycles. The van der Waals surface area contributed by atoms with Gasteiger partial charge in [0.05, 0.1) is 4.90 Å². The van der Waals surface area contributed by atoms with Crippen molar-refractivity contribution in [3.05, 3.63) is 42.5 Å². The Morgan fingerprint density at radius 1 is 1.00 bits per heavy atom. The second-order valence-corrected chi connectivity index (χ2v) is 5.96. The van der Waals surface area contributed by atoms with Gasteiger partial charge in [0.1, 0.15) is 0 Å². The molecule has 2 N–H and O–H groups in total. The highest BCUT2D eigenvalue weighted by atomic mass is 32.2. The third kappa shape index (κ3) is 3.32. The zero-order chi connectivity index (χ0) is 13.7. The first-order valence-corrected chi connectivity index (χ1v) is 7.81. The van der Waals surface area contributed by atoms with E-state index in [2.05, 4.69) is 10.0 Å². The maximum Gasteiger partial charge on any atom is 0.241 e. The van der Waals surface area contributed by atoms with Crippen LogP contribution in [0.25, 0.3) is 10.8 Å². The van der Waals surface area contributed by atoms with E-state index in [-0.39, 0.29) is 0 Å². The van der Waals surface area contributed by atoms with Gasteiger partial charge in [0.15, 0.2) is 0 Å². The Bertz CT molecular complexity index is 648. The maximum atomic E-state index is 12.3. The molecular weight excluding hydrogens is 260 g/mol. The van der Waals surface area contributed by atoms with Crippen LogP contribution < -0.4 is 10.0 Å². The van der Waals surface area contributed by atoms with Crippen molar-refractivity contribution in [2.75, 3.05) is 19.6 Å². The molecule has 0 bridgehead atoms. The van der Waals surface area contributed by atoms with E-state index in [9.17, 15) is 8.42 Å². The first-order valence-electron chi connectivity index (χ1n) is 6.33. The largest absolute Gasteiger partial charge is 0.316 e. The SMILES string of the molecule is CCNCCNS(=O)(=O)c1cccc2ccccc12. The van der Waals surface area contributed by atoms with Gasteiger partial charge in [-0.05, 0) is 18.0 Å². The highest BCUT2D eigenvalue weighted by Gasteiger charge is 2.15. The van der Waals surface area contributed by atoms with Crippen molar-refractivity contribution >= 4 is 20.8 Å². The number of likely N-dealkylation sites (N-methyl/N-ethyl adjacent to an activating group) is 1. The van der Waals surface area contributed by atoms with Crippen LogP contribution in [0.1, 0.15) is 6.92 Å². The molecule has 102 valence electrons. The lowest BCUT2D eigenvalue weighted by atomic mass is 10.1. The summed E-state index contributed by atoms with van der Waals surface area (Å²) in [4.78, 5) is 0.335. The number of benzene rings is 2. The van der Waals surface area contributed by atoms with Gasteiger partial charge in [-0.15, -0.1) is 0 Å². The van der Waals surface area contributed by atoms with Crippen LogP contribution in [0.4, 0.5) is 0 Å². The summed E-state index contributed by atoms with van der Waals surface area (Å²) in [5, 5.41) is 4.76. The molecule has 0 spiro atoms. The molecule has 0 saturated heterocycles. The highest BCUT2D eigenvalue weighted by molar-refractivity contribution is 7.89. The van der Waals surface area contributed by atoms with Crippen molar-refractivity contribution in [1.82, 2.24) is 10.0 Å². The van der Waals surface area contributed by atoms with Gasteiger partial charge in [-0.25, -0.2) is 13.1 Å². The van der Waals surface area contributed by atoms with Crippen LogP contribution in [0.3, 0.4) is 0 Å². The first kappa shape index (κ1) is 14.0. The minimum Gasteiger partial charge on any atom is -0.316 e. The van der Waals surface area contributed by atoms with Crippen LogP contribution >= 0.6 is 0 Å². The van der Waals surface area contributed by atoms with Crippen LogP contribution in [0.5, 0.6) is 0 Å². The predicted octanol–water partition coefficient (Wildman–Crippen LogP) is 1.73. The summed E-state index contributed by atoms with van der Waals surface area (Å²) in [5.74, 6) is 0. The van der Waals surface area contributed by atoms with Gasteiger partial charge in [-0.2, -0.15) is 0 Å². The highest BCUT2D eigenvalue weighted by Crippen LogP contribution is 2.22. The van der Waals surface area contributed by atoms with Gasteiger partial charge in [0.2, 0.25) is 10.0 Å². The van der Waals surface area contributed by atoms with Crippen LogP contribution in [0.15, 0.2) is 47.4 Å². The molecule has 2 aromatic rings. The quantitative estimate of drug-likeness (QED) is 0.791. The maximum absolute atomic E-state index is 12.3. The predicted molar refractivity (Wildman–Crippen MR) is 77.7 cm³/mol. The summed E-state index contributed by atoms with van der Waals surface area (Å²) < 4.78 is 27.2. The zero-order valence-electron chi connectivity index (χ0n) is 10.9. The number of hydrogen-bond donors (Lipinski definition) is 2. The van der Waals surface area contributed by atoms with Crippen molar-refractivity contribution in [2.45, 2.75) is 11.8 Å². The van der Waals surface area contributed by atoms with E-state index in [4.69, 9.17) is 0 Å². The van der Waals surface area contributed by atoms with Crippen molar-refractivity contribution in [1.29, 1.82) is 0 Å². The van der Waals surface area contributed by atoms with Gasteiger partial charge < -0.3 is 5.32 Å². The average molecular weight is 278 g/mol. The third-order valence-corrected chi connectivity index (χ3v) is 4.40. The average Bonchev–Trinajstić information content (AvgIpc) is 2.43. The zero-order valence-corrected chi connectivity index (χ0v) is 11.7. The molecule has 0 fully saturated rings. The fourth-order valence-corrected chi connectivity index (χ4v) is 3.22. The lowest BCUT2D eigenvalue weighted by molar-refractivity contribution is 0.578. The van der Waals surface area contributed by atoms with E-state index in [0.29, 0.717) is 18.0 Å². The van der Waals surface area contributed by atoms with Gasteiger partial charge in [0, 0.05) is 18.5 Å². The minimum atomic E-state index is -3.46. The molecule has 0 amide bonds. The molecule has 0 aliphatic carbocycles. The van der Waals surface area contributed by atoms with Gasteiger partial charge in [-0.1, -0.05) is 43.3 Å². The Labute approximate surface area is 113 Å². The fourth-order valence-electron chi connectivity index (χ4n) is 1.96. The van der Waals surface area contributed by atoms with Crippen molar-refractivity contribution in [3.8, 4) is 0 Å². The minimum absolute atomic E-state index is 0.335. The summed E-state index contributed by atoms with van der Waals surface area (Å²) >= 11 is 0. The fraction of sp³-hybridized carbons (Fsp3) is 0.286. The topological polar surface area (TPSA) is 58.2 Å². The van der Waals surface area contributed by atoms with Gasteiger partial charge in [-0.3, -0.25) is 0 Å². The summed E-state index contributed by atoms with van der Waals surface area (Å²) in [6, 6.07) is 12.8. The lowest BCUT2D eigenvalue weighted by Gasteiger charge is -2.09. The summed E-state index contributed by atoms with van der Waals surface area (Å²) in [7, 11) is -3.46. The van der Waals surface area contributed by atoms with Crippen molar-refractivity contribution < 1.29 is 8.42 Å². The van der Waals surface area contributed by atoms with E-state index in [1.807, 2.05) is 37.3 Å². The normalized spacial score (nSPS) is 11.8. The van der Waals surface area contributed by atoms with Crippen molar-refractivity contribution in [2.24, 2.45) is 0 Å². The molecule has 0 atom stereocenters. The van der Waals surface area contributed by atoms with E-state index in [1.54, 1.807) is 12.1 Å². The molecule has 19 heavy (non-hydrogen) atoms. The summed E-state index contributed by atoms with van der Waals surface area (Å²) in [5.41, 5.74) is 0. The van der Waals surface area contributed by atoms with Crippen LogP contribution in [-0.4, -0.2) is 28.1 Å². The summed E-state index contributed by atoms with van der Waals surface area (Å²) in [6.45, 7) is 3.83. The number of rotatable bonds is 6. The Morgan fingerprint density at radius 3 is 2.53 bits per heavy atom. The molecule has 2 rings (SSSR count). The van der Waals surface area contributed by atoms with E-state index in [0.717, 1.165) is 17.3 Å². The van der Waals surface area contributed by atoms with Crippen molar-refractivity contribution in [3.63, 3.8) is 0 Å². The second-order valence-electron chi connectivity index (χ2n) is 4.23. The molecule has 0 unspecified atom stereocenters.